The molecule has 0 spiro atoms. The van der Waals surface area contributed by atoms with Crippen LogP contribution in [-0.2, 0) is 13.1 Å². The number of nitrogens with zero attached hydrogens (tertiary/aromatic N) is 4. The molecule has 2 aromatic carbocycles. The number of nitrogens with one attached hydrogen (secondary N) is 2. The number of benzene rings is 2. The van der Waals surface area contributed by atoms with Crippen molar-refractivity contribution in [2.24, 2.45) is 0 Å². The van der Waals surface area contributed by atoms with Crippen LogP contribution in [0.3, 0.4) is 0 Å². The van der Waals surface area contributed by atoms with Crippen LogP contribution in [0.5, 0.6) is 0 Å². The van der Waals surface area contributed by atoms with Gasteiger partial charge in [-0.1, -0.05) is 48.0 Å². The highest BCUT2D eigenvalue weighted by atomic mass is 35.5. The maximum Gasteiger partial charge on any atom is 0.214 e. The Hall–Kier alpha value is -3.42. The molecule has 0 radical (unpaired) electrons. The minimum Gasteiger partial charge on any atom is -0.343 e. The molecule has 0 unspecified atom stereocenters. The van der Waals surface area contributed by atoms with Gasteiger partial charge < -0.3 is 9.99 Å². The van der Waals surface area contributed by atoms with Crippen LogP contribution in [-0.4, -0.2) is 24.4 Å². The fourth-order valence-corrected chi connectivity index (χ4v) is 4.10. The van der Waals surface area contributed by atoms with Crippen LogP contribution in [0.2, 0.25) is 5.02 Å². The van der Waals surface area contributed by atoms with Crippen molar-refractivity contribution in [1.82, 2.24) is 24.4 Å². The van der Waals surface area contributed by atoms with Crippen molar-refractivity contribution in [3.63, 3.8) is 0 Å². The summed E-state index contributed by atoms with van der Waals surface area (Å²) in [5.41, 5.74) is 7.74. The number of hydrogen-bond acceptors (Lipinski definition) is 4. The predicted octanol–water partition coefficient (Wildman–Crippen LogP) is 5.40. The Morgan fingerprint density at radius 2 is 1.74 bits per heavy atom. The van der Waals surface area contributed by atoms with Crippen molar-refractivity contribution in [1.29, 1.82) is 0 Å². The van der Waals surface area contributed by atoms with Gasteiger partial charge in [-0.2, -0.15) is 5.10 Å². The van der Waals surface area contributed by atoms with Gasteiger partial charge >= 0.3 is 0 Å². The van der Waals surface area contributed by atoms with Gasteiger partial charge in [-0.25, -0.2) is 9.77 Å². The molecule has 0 aliphatic heterocycles. The fourth-order valence-electron chi connectivity index (χ4n) is 3.71. The van der Waals surface area contributed by atoms with Crippen LogP contribution in [0, 0.1) is 4.77 Å². The van der Waals surface area contributed by atoms with Crippen LogP contribution in [0.1, 0.15) is 11.1 Å². The maximum atomic E-state index is 6.40. The van der Waals surface area contributed by atoms with Gasteiger partial charge in [-0.3, -0.25) is 4.98 Å². The molecule has 0 saturated heterocycles. The summed E-state index contributed by atoms with van der Waals surface area (Å²) in [5.74, 6) is 0.715. The zero-order chi connectivity index (χ0) is 21.2. The molecule has 0 aliphatic rings. The van der Waals surface area contributed by atoms with Gasteiger partial charge in [0, 0.05) is 46.6 Å². The summed E-state index contributed by atoms with van der Waals surface area (Å²) in [5, 5.41) is 9.19. The number of aromatic amines is 1. The average Bonchev–Trinajstić information content (AvgIpc) is 3.35. The van der Waals surface area contributed by atoms with Crippen molar-refractivity contribution in [3.05, 3.63) is 100 Å². The molecular weight excluding hydrogens is 428 g/mol. The maximum absolute atomic E-state index is 6.40. The Morgan fingerprint density at radius 3 is 2.58 bits per heavy atom. The smallest absolute Gasteiger partial charge is 0.214 e. The number of rotatable bonds is 6. The first-order chi connectivity index (χ1) is 15.2. The lowest BCUT2D eigenvalue weighted by atomic mass is 10.2. The minimum atomic E-state index is 0.506. The molecule has 3 aromatic heterocycles. The lowest BCUT2D eigenvalue weighted by Crippen LogP contribution is -2.15. The number of H-pyrrole nitrogens is 1. The number of para-hydroxylation sites is 1. The molecule has 5 rings (SSSR count). The van der Waals surface area contributed by atoms with Crippen molar-refractivity contribution < 1.29 is 0 Å². The fraction of sp³-hybridized carbons (Fsp3) is 0.0870. The molecule has 3 heterocycles. The van der Waals surface area contributed by atoms with E-state index in [9.17, 15) is 0 Å². The Kier molecular flexibility index (Phi) is 5.28. The van der Waals surface area contributed by atoms with E-state index in [0.29, 0.717) is 23.7 Å². The van der Waals surface area contributed by atoms with E-state index in [1.54, 1.807) is 17.1 Å². The highest BCUT2D eigenvalue weighted by Gasteiger charge is 2.12. The van der Waals surface area contributed by atoms with Gasteiger partial charge in [0.25, 0.3) is 0 Å². The van der Waals surface area contributed by atoms with Crippen LogP contribution >= 0.6 is 23.8 Å². The molecule has 0 fully saturated rings. The van der Waals surface area contributed by atoms with E-state index in [-0.39, 0.29) is 0 Å². The molecule has 6 nitrogen and oxygen atoms in total. The predicted molar refractivity (Wildman–Crippen MR) is 126 cm³/mol. The van der Waals surface area contributed by atoms with E-state index in [0.717, 1.165) is 27.2 Å². The Balaban J connectivity index is 1.47. The monoisotopic (exact) mass is 446 g/mol. The number of halogens is 1. The van der Waals surface area contributed by atoms with Crippen LogP contribution in [0.15, 0.2) is 79.3 Å². The van der Waals surface area contributed by atoms with Crippen LogP contribution < -0.4 is 5.43 Å². The molecular formula is C23H19ClN6S. The summed E-state index contributed by atoms with van der Waals surface area (Å²) in [6.07, 6.45) is 5.64. The van der Waals surface area contributed by atoms with Crippen LogP contribution in [0.25, 0.3) is 22.3 Å². The zero-order valence-corrected chi connectivity index (χ0v) is 18.1. The Labute approximate surface area is 189 Å². The number of pyridine rings is 1. The molecule has 0 aliphatic carbocycles. The molecule has 5 aromatic rings. The third-order valence-corrected chi connectivity index (χ3v) is 5.85. The second-order valence-electron chi connectivity index (χ2n) is 7.15. The second kappa shape index (κ2) is 8.37. The highest BCUT2D eigenvalue weighted by molar-refractivity contribution is 7.71. The van der Waals surface area contributed by atoms with Gasteiger partial charge in [0.2, 0.25) is 4.77 Å². The molecule has 8 heteroatoms. The summed E-state index contributed by atoms with van der Waals surface area (Å²) >= 11 is 11.8. The SMILES string of the molecule is S=c1[nH]nc(-c2ccncc2)n1NCc1cn(Cc2ccccc2Cl)c2ccccc12. The van der Waals surface area contributed by atoms with E-state index in [2.05, 4.69) is 61.7 Å². The van der Waals surface area contributed by atoms with Crippen molar-refractivity contribution >= 4 is 34.7 Å². The molecule has 2 N–H and O–H groups in total. The molecule has 0 atom stereocenters. The second-order valence-corrected chi connectivity index (χ2v) is 7.94. The number of hydrogen-bond donors (Lipinski definition) is 2. The highest BCUT2D eigenvalue weighted by Crippen LogP contribution is 2.25. The Morgan fingerprint density at radius 1 is 0.968 bits per heavy atom. The topological polar surface area (TPSA) is 63.5 Å². The molecule has 154 valence electrons. The van der Waals surface area contributed by atoms with Gasteiger partial charge in [-0.05, 0) is 47.6 Å². The largest absolute Gasteiger partial charge is 0.343 e. The van der Waals surface area contributed by atoms with Crippen molar-refractivity contribution in [3.8, 4) is 11.4 Å². The van der Waals surface area contributed by atoms with Crippen LogP contribution in [0.4, 0.5) is 0 Å². The van der Waals surface area contributed by atoms with E-state index < -0.39 is 0 Å². The summed E-state index contributed by atoms with van der Waals surface area (Å²) in [7, 11) is 0. The number of aromatic nitrogens is 5. The minimum absolute atomic E-state index is 0.506. The van der Waals surface area contributed by atoms with Gasteiger partial charge in [0.05, 0.1) is 6.54 Å². The molecule has 31 heavy (non-hydrogen) atoms. The van der Waals surface area contributed by atoms with Crippen molar-refractivity contribution in [2.45, 2.75) is 13.1 Å². The van der Waals surface area contributed by atoms with Gasteiger partial charge in [0.15, 0.2) is 5.82 Å². The quantitative estimate of drug-likeness (QED) is 0.343. The lowest BCUT2D eigenvalue weighted by Gasteiger charge is -2.09. The standard InChI is InChI=1S/C23H19ClN6S/c24-20-7-3-1-5-17(20)14-29-15-18(19-6-2-4-8-21(19)29)13-26-30-22(27-28-23(30)31)16-9-11-25-12-10-16/h1-12,15,26H,13-14H2,(H,28,31). The van der Waals surface area contributed by atoms with Gasteiger partial charge in [-0.15, -0.1) is 0 Å². The first kappa shape index (κ1) is 19.5. The molecule has 0 bridgehead atoms. The van der Waals surface area contributed by atoms with Gasteiger partial charge in [0.1, 0.15) is 0 Å². The first-order valence-electron chi connectivity index (χ1n) is 9.82. The third kappa shape index (κ3) is 3.85. The summed E-state index contributed by atoms with van der Waals surface area (Å²) in [4.78, 5) is 4.07. The summed E-state index contributed by atoms with van der Waals surface area (Å²) in [6.45, 7) is 1.29. The summed E-state index contributed by atoms with van der Waals surface area (Å²) in [6, 6.07) is 20.1. The average molecular weight is 447 g/mol. The third-order valence-electron chi connectivity index (χ3n) is 5.21. The van der Waals surface area contributed by atoms with E-state index in [4.69, 9.17) is 23.8 Å². The van der Waals surface area contributed by atoms with E-state index in [1.807, 2.05) is 30.3 Å². The van der Waals surface area contributed by atoms with E-state index >= 15 is 0 Å². The normalized spacial score (nSPS) is 11.1. The Bertz CT molecular complexity index is 1400. The van der Waals surface area contributed by atoms with E-state index in [1.165, 1.54) is 5.39 Å². The van der Waals surface area contributed by atoms with Crippen molar-refractivity contribution in [2.75, 3.05) is 5.43 Å². The summed E-state index contributed by atoms with van der Waals surface area (Å²) < 4.78 is 4.53. The zero-order valence-electron chi connectivity index (χ0n) is 16.5. The first-order valence-corrected chi connectivity index (χ1v) is 10.6. The molecule has 0 saturated carbocycles. The number of fused-ring (bicyclic) bond motifs is 1. The lowest BCUT2D eigenvalue weighted by molar-refractivity contribution is 0.810. The molecule has 0 amide bonds.